The van der Waals surface area contributed by atoms with Gasteiger partial charge in [0.15, 0.2) is 0 Å². The molecule has 1 aliphatic carbocycles. The molecule has 92 valence electrons. The van der Waals surface area contributed by atoms with Gasteiger partial charge in [-0.3, -0.25) is 0 Å². The van der Waals surface area contributed by atoms with Gasteiger partial charge in [-0.1, -0.05) is 48.6 Å². The number of nitrogens with one attached hydrogen (secondary N) is 1. The van der Waals surface area contributed by atoms with Crippen LogP contribution in [0.25, 0.3) is 10.8 Å². The second kappa shape index (κ2) is 5.26. The maximum Gasteiger partial charge on any atom is 0.0419 e. The zero-order valence-electron chi connectivity index (χ0n) is 10.6. The molecule has 0 heterocycles. The highest BCUT2D eigenvalue weighted by Gasteiger charge is 2.09. The summed E-state index contributed by atoms with van der Waals surface area (Å²) < 4.78 is 0. The van der Waals surface area contributed by atoms with Gasteiger partial charge in [-0.15, -0.1) is 0 Å². The van der Waals surface area contributed by atoms with E-state index in [2.05, 4.69) is 59.9 Å². The Balaban J connectivity index is 1.76. The Labute approximate surface area is 109 Å². The van der Waals surface area contributed by atoms with Crippen molar-refractivity contribution in [3.63, 3.8) is 0 Å². The van der Waals surface area contributed by atoms with Gasteiger partial charge in [-0.2, -0.15) is 0 Å². The first kappa shape index (κ1) is 11.3. The second-order valence-corrected chi connectivity index (χ2v) is 5.06. The van der Waals surface area contributed by atoms with Gasteiger partial charge < -0.3 is 5.32 Å². The molecule has 0 bridgehead atoms. The van der Waals surface area contributed by atoms with Crippen LogP contribution in [0.2, 0.25) is 0 Å². The molecule has 0 fully saturated rings. The number of benzene rings is 2. The van der Waals surface area contributed by atoms with Gasteiger partial charge in [0.25, 0.3) is 0 Å². The van der Waals surface area contributed by atoms with E-state index in [0.717, 1.165) is 12.5 Å². The third kappa shape index (κ3) is 2.40. The molecule has 18 heavy (non-hydrogen) atoms. The van der Waals surface area contributed by atoms with Crippen molar-refractivity contribution >= 4 is 16.5 Å². The highest BCUT2D eigenvalue weighted by atomic mass is 14.9. The maximum absolute atomic E-state index is 3.62. The third-order valence-corrected chi connectivity index (χ3v) is 3.75. The zero-order valence-corrected chi connectivity index (χ0v) is 10.6. The van der Waals surface area contributed by atoms with Gasteiger partial charge in [0, 0.05) is 17.6 Å². The molecule has 1 N–H and O–H groups in total. The van der Waals surface area contributed by atoms with Crippen molar-refractivity contribution in [1.82, 2.24) is 0 Å². The summed E-state index contributed by atoms with van der Waals surface area (Å²) >= 11 is 0. The molecule has 1 atom stereocenters. The van der Waals surface area contributed by atoms with Crippen LogP contribution >= 0.6 is 0 Å². The molecule has 0 saturated carbocycles. The van der Waals surface area contributed by atoms with Gasteiger partial charge >= 0.3 is 0 Å². The Hall–Kier alpha value is -1.76. The molecular formula is C17H19N. The van der Waals surface area contributed by atoms with Crippen molar-refractivity contribution in [3.8, 4) is 0 Å². The molecule has 0 aromatic heterocycles. The van der Waals surface area contributed by atoms with Crippen molar-refractivity contribution < 1.29 is 0 Å². The molecule has 0 amide bonds. The van der Waals surface area contributed by atoms with Crippen LogP contribution in [0.3, 0.4) is 0 Å². The molecule has 1 nitrogen and oxygen atoms in total. The Morgan fingerprint density at radius 1 is 1.00 bits per heavy atom. The van der Waals surface area contributed by atoms with Crippen molar-refractivity contribution in [2.75, 3.05) is 11.9 Å². The number of hydrogen-bond acceptors (Lipinski definition) is 1. The molecule has 0 spiro atoms. The Morgan fingerprint density at radius 2 is 1.89 bits per heavy atom. The van der Waals surface area contributed by atoms with Crippen molar-refractivity contribution in [1.29, 1.82) is 0 Å². The van der Waals surface area contributed by atoms with Crippen LogP contribution in [0.5, 0.6) is 0 Å². The van der Waals surface area contributed by atoms with Crippen molar-refractivity contribution in [2.45, 2.75) is 19.3 Å². The van der Waals surface area contributed by atoms with E-state index in [1.165, 1.54) is 35.7 Å². The summed E-state index contributed by atoms with van der Waals surface area (Å²) in [5.74, 6) is 0.786. The fourth-order valence-corrected chi connectivity index (χ4v) is 2.68. The van der Waals surface area contributed by atoms with E-state index in [0.29, 0.717) is 0 Å². The molecule has 0 aliphatic heterocycles. The van der Waals surface area contributed by atoms with Crippen molar-refractivity contribution in [2.24, 2.45) is 5.92 Å². The topological polar surface area (TPSA) is 12.0 Å². The lowest BCUT2D eigenvalue weighted by molar-refractivity contribution is 0.504. The first-order valence-corrected chi connectivity index (χ1v) is 6.80. The van der Waals surface area contributed by atoms with Crippen LogP contribution in [0.1, 0.15) is 19.3 Å². The summed E-state index contributed by atoms with van der Waals surface area (Å²) in [7, 11) is 0. The minimum Gasteiger partial charge on any atom is -0.384 e. The standard InChI is InChI=1S/C17H19N/c1-2-7-14(8-3-1)13-18-17-12-6-10-15-9-4-5-11-16(15)17/h1-2,4-6,9-12,14,18H,3,7-8,13H2. The van der Waals surface area contributed by atoms with E-state index in [-0.39, 0.29) is 0 Å². The van der Waals surface area contributed by atoms with Gasteiger partial charge in [0.05, 0.1) is 0 Å². The van der Waals surface area contributed by atoms with Crippen LogP contribution in [0, 0.1) is 5.92 Å². The van der Waals surface area contributed by atoms with E-state index in [4.69, 9.17) is 0 Å². The summed E-state index contributed by atoms with van der Waals surface area (Å²) in [6, 6.07) is 15.0. The van der Waals surface area contributed by atoms with E-state index >= 15 is 0 Å². The number of rotatable bonds is 3. The van der Waals surface area contributed by atoms with E-state index < -0.39 is 0 Å². The number of anilines is 1. The highest BCUT2D eigenvalue weighted by molar-refractivity contribution is 5.93. The van der Waals surface area contributed by atoms with Gasteiger partial charge in [-0.05, 0) is 36.6 Å². The molecule has 0 radical (unpaired) electrons. The first-order chi connectivity index (χ1) is 8.93. The molecule has 1 aliphatic rings. The summed E-state index contributed by atoms with van der Waals surface area (Å²) in [6.45, 7) is 1.08. The van der Waals surface area contributed by atoms with Crippen LogP contribution in [0.15, 0.2) is 54.6 Å². The minimum atomic E-state index is 0.786. The zero-order chi connectivity index (χ0) is 12.2. The van der Waals surface area contributed by atoms with E-state index in [1.54, 1.807) is 0 Å². The predicted molar refractivity (Wildman–Crippen MR) is 78.9 cm³/mol. The third-order valence-electron chi connectivity index (χ3n) is 3.75. The summed E-state index contributed by atoms with van der Waals surface area (Å²) in [6.07, 6.45) is 8.39. The van der Waals surface area contributed by atoms with Crippen LogP contribution in [-0.2, 0) is 0 Å². The molecule has 2 aromatic carbocycles. The van der Waals surface area contributed by atoms with Gasteiger partial charge in [-0.25, -0.2) is 0 Å². The second-order valence-electron chi connectivity index (χ2n) is 5.06. The Kier molecular flexibility index (Phi) is 3.31. The first-order valence-electron chi connectivity index (χ1n) is 6.80. The quantitative estimate of drug-likeness (QED) is 0.769. The van der Waals surface area contributed by atoms with Crippen molar-refractivity contribution in [3.05, 3.63) is 54.6 Å². The smallest absolute Gasteiger partial charge is 0.0419 e. The average Bonchev–Trinajstić information content (AvgIpc) is 2.46. The van der Waals surface area contributed by atoms with E-state index in [1.807, 2.05) is 0 Å². The van der Waals surface area contributed by atoms with Crippen LogP contribution in [-0.4, -0.2) is 6.54 Å². The predicted octanol–water partition coefficient (Wildman–Crippen LogP) is 4.61. The number of allylic oxidation sites excluding steroid dienone is 2. The fourth-order valence-electron chi connectivity index (χ4n) is 2.68. The van der Waals surface area contributed by atoms with E-state index in [9.17, 15) is 0 Å². The average molecular weight is 237 g/mol. The lowest BCUT2D eigenvalue weighted by Gasteiger charge is -2.19. The summed E-state index contributed by atoms with van der Waals surface area (Å²) in [5, 5.41) is 6.26. The molecule has 1 unspecified atom stereocenters. The maximum atomic E-state index is 3.62. The SMILES string of the molecule is C1=CCC(CNc2cccc3ccccc23)CC1. The van der Waals surface area contributed by atoms with Crippen LogP contribution in [0.4, 0.5) is 5.69 Å². The molecule has 0 saturated heterocycles. The fraction of sp³-hybridized carbons (Fsp3) is 0.294. The lowest BCUT2D eigenvalue weighted by atomic mass is 9.94. The van der Waals surface area contributed by atoms with Gasteiger partial charge in [0.1, 0.15) is 0 Å². The Bertz CT molecular complexity index is 551. The minimum absolute atomic E-state index is 0.786. The summed E-state index contributed by atoms with van der Waals surface area (Å²) in [4.78, 5) is 0. The lowest BCUT2D eigenvalue weighted by Crippen LogP contribution is -2.15. The molecule has 1 heteroatoms. The molecule has 2 aromatic rings. The monoisotopic (exact) mass is 237 g/mol. The summed E-state index contributed by atoms with van der Waals surface area (Å²) in [5.41, 5.74) is 1.27. The molecular weight excluding hydrogens is 218 g/mol. The largest absolute Gasteiger partial charge is 0.384 e. The number of fused-ring (bicyclic) bond motifs is 1. The van der Waals surface area contributed by atoms with Crippen LogP contribution < -0.4 is 5.32 Å². The Morgan fingerprint density at radius 3 is 2.78 bits per heavy atom. The molecule has 3 rings (SSSR count). The van der Waals surface area contributed by atoms with Gasteiger partial charge in [0.2, 0.25) is 0 Å². The normalized spacial score (nSPS) is 19.0. The highest BCUT2D eigenvalue weighted by Crippen LogP contribution is 2.24. The number of hydrogen-bond donors (Lipinski definition) is 1.